The van der Waals surface area contributed by atoms with Gasteiger partial charge in [-0.05, 0) is 12.3 Å². The van der Waals surface area contributed by atoms with E-state index in [1.54, 1.807) is 0 Å². The minimum atomic E-state index is 0.145. The summed E-state index contributed by atoms with van der Waals surface area (Å²) in [5, 5.41) is 3.87. The molecule has 2 nitrogen and oxygen atoms in total. The Morgan fingerprint density at radius 1 is 1.64 bits per heavy atom. The molecular weight excluding hydrogens is 206 g/mol. The maximum absolute atomic E-state index is 10.8. The Hall–Kier alpha value is -0.0500. The molecule has 1 unspecified atom stereocenters. The van der Waals surface area contributed by atoms with Crippen LogP contribution in [0.25, 0.3) is 0 Å². The number of hydrogen-bond acceptors (Lipinski definition) is 1. The van der Waals surface area contributed by atoms with E-state index in [9.17, 15) is 4.79 Å². The zero-order valence-electron chi connectivity index (χ0n) is 7.19. The van der Waals surface area contributed by atoms with Crippen LogP contribution in [-0.2, 0) is 4.79 Å². The zero-order chi connectivity index (χ0) is 8.69. The van der Waals surface area contributed by atoms with Crippen LogP contribution in [-0.4, -0.2) is 17.8 Å². The third-order valence-electron chi connectivity index (χ3n) is 1.57. The van der Waals surface area contributed by atoms with Crippen molar-refractivity contribution in [3.05, 3.63) is 0 Å². The van der Waals surface area contributed by atoms with E-state index in [2.05, 4.69) is 28.2 Å². The van der Waals surface area contributed by atoms with Crippen molar-refractivity contribution in [3.8, 4) is 0 Å². The second kappa shape index (κ2) is 6.65. The van der Waals surface area contributed by atoms with Gasteiger partial charge in [0.1, 0.15) is 0 Å². The van der Waals surface area contributed by atoms with E-state index in [4.69, 9.17) is 0 Å². The molecule has 0 rings (SSSR count). The van der Waals surface area contributed by atoms with Crippen molar-refractivity contribution in [2.75, 3.05) is 11.9 Å². The first-order valence-electron chi connectivity index (χ1n) is 4.03. The van der Waals surface area contributed by atoms with Crippen LogP contribution in [0.3, 0.4) is 0 Å². The number of amides is 1. The summed E-state index contributed by atoms with van der Waals surface area (Å²) in [6.45, 7) is 4.81. The molecule has 0 radical (unpaired) electrons. The monoisotopic (exact) mass is 221 g/mol. The lowest BCUT2D eigenvalue weighted by molar-refractivity contribution is -0.120. The fraction of sp³-hybridized carbons (Fsp3) is 0.875. The van der Waals surface area contributed by atoms with Crippen molar-refractivity contribution in [2.24, 2.45) is 5.92 Å². The molecule has 3 heteroatoms. The van der Waals surface area contributed by atoms with Gasteiger partial charge in [0.2, 0.25) is 5.91 Å². The van der Waals surface area contributed by atoms with Crippen LogP contribution in [0, 0.1) is 5.92 Å². The standard InChI is InChI=1S/C8H16BrNO/c1-3-8(11)10-6-7(2)4-5-9/h7H,3-6H2,1-2H3,(H,10,11). The second-order valence-corrected chi connectivity index (χ2v) is 3.53. The number of nitrogens with one attached hydrogen (secondary N) is 1. The Labute approximate surface area is 76.9 Å². The predicted octanol–water partition coefficient (Wildman–Crippen LogP) is 1.93. The van der Waals surface area contributed by atoms with Crippen molar-refractivity contribution in [3.63, 3.8) is 0 Å². The number of rotatable bonds is 5. The Morgan fingerprint density at radius 2 is 2.27 bits per heavy atom. The van der Waals surface area contributed by atoms with Gasteiger partial charge in [0.05, 0.1) is 0 Å². The molecule has 0 saturated heterocycles. The molecule has 1 N–H and O–H groups in total. The fourth-order valence-electron chi connectivity index (χ4n) is 0.701. The molecule has 11 heavy (non-hydrogen) atoms. The van der Waals surface area contributed by atoms with Gasteiger partial charge in [0, 0.05) is 18.3 Å². The van der Waals surface area contributed by atoms with Crippen LogP contribution in [0.4, 0.5) is 0 Å². The van der Waals surface area contributed by atoms with Gasteiger partial charge in [0.15, 0.2) is 0 Å². The molecule has 0 spiro atoms. The number of carbonyl (C=O) groups is 1. The Balaban J connectivity index is 3.29. The van der Waals surface area contributed by atoms with E-state index in [-0.39, 0.29) is 5.91 Å². The van der Waals surface area contributed by atoms with Crippen LogP contribution >= 0.6 is 15.9 Å². The van der Waals surface area contributed by atoms with Crippen molar-refractivity contribution in [1.29, 1.82) is 0 Å². The molecule has 1 atom stereocenters. The quantitative estimate of drug-likeness (QED) is 0.707. The molecule has 1 amide bonds. The lowest BCUT2D eigenvalue weighted by Crippen LogP contribution is -2.27. The lowest BCUT2D eigenvalue weighted by Gasteiger charge is -2.09. The van der Waals surface area contributed by atoms with Crippen LogP contribution in [0.1, 0.15) is 26.7 Å². The minimum Gasteiger partial charge on any atom is -0.356 e. The molecule has 0 aromatic rings. The van der Waals surface area contributed by atoms with E-state index in [1.807, 2.05) is 6.92 Å². The van der Waals surface area contributed by atoms with Crippen LogP contribution in [0.2, 0.25) is 0 Å². The van der Waals surface area contributed by atoms with Gasteiger partial charge in [0.25, 0.3) is 0 Å². The second-order valence-electron chi connectivity index (χ2n) is 2.74. The van der Waals surface area contributed by atoms with Crippen LogP contribution < -0.4 is 5.32 Å². The highest BCUT2D eigenvalue weighted by molar-refractivity contribution is 9.09. The number of alkyl halides is 1. The van der Waals surface area contributed by atoms with Crippen molar-refractivity contribution >= 4 is 21.8 Å². The molecule has 0 heterocycles. The van der Waals surface area contributed by atoms with E-state index in [1.165, 1.54) is 0 Å². The minimum absolute atomic E-state index is 0.145. The average molecular weight is 222 g/mol. The van der Waals surface area contributed by atoms with E-state index in [0.717, 1.165) is 18.3 Å². The summed E-state index contributed by atoms with van der Waals surface area (Å²) >= 11 is 3.36. The third kappa shape index (κ3) is 6.35. The topological polar surface area (TPSA) is 29.1 Å². The average Bonchev–Trinajstić information content (AvgIpc) is 2.01. The predicted molar refractivity (Wildman–Crippen MR) is 50.9 cm³/mol. The third-order valence-corrected chi connectivity index (χ3v) is 2.03. The maximum atomic E-state index is 10.8. The van der Waals surface area contributed by atoms with Crippen LogP contribution in [0.15, 0.2) is 0 Å². The number of halogens is 1. The molecule has 66 valence electrons. The highest BCUT2D eigenvalue weighted by Crippen LogP contribution is 2.01. The SMILES string of the molecule is CCC(=O)NCC(C)CCBr. The molecule has 0 aliphatic rings. The summed E-state index contributed by atoms with van der Waals surface area (Å²) in [6, 6.07) is 0. The normalized spacial score (nSPS) is 12.6. The first-order chi connectivity index (χ1) is 5.20. The zero-order valence-corrected chi connectivity index (χ0v) is 8.78. The molecule has 0 aromatic heterocycles. The van der Waals surface area contributed by atoms with Gasteiger partial charge >= 0.3 is 0 Å². The van der Waals surface area contributed by atoms with E-state index >= 15 is 0 Å². The Morgan fingerprint density at radius 3 is 2.73 bits per heavy atom. The Kier molecular flexibility index (Phi) is 6.62. The highest BCUT2D eigenvalue weighted by Gasteiger charge is 2.02. The fourth-order valence-corrected chi connectivity index (χ4v) is 1.48. The van der Waals surface area contributed by atoms with Gasteiger partial charge in [-0.1, -0.05) is 29.8 Å². The summed E-state index contributed by atoms with van der Waals surface area (Å²) < 4.78 is 0. The molecule has 0 aliphatic carbocycles. The first-order valence-corrected chi connectivity index (χ1v) is 5.15. The van der Waals surface area contributed by atoms with Gasteiger partial charge in [-0.2, -0.15) is 0 Å². The summed E-state index contributed by atoms with van der Waals surface area (Å²) in [5.74, 6) is 0.719. The maximum Gasteiger partial charge on any atom is 0.219 e. The molecule has 0 saturated carbocycles. The molecule has 0 bridgehead atoms. The van der Waals surface area contributed by atoms with Crippen molar-refractivity contribution < 1.29 is 4.79 Å². The molecule has 0 aromatic carbocycles. The Bertz CT molecular complexity index is 117. The molecule has 0 fully saturated rings. The smallest absolute Gasteiger partial charge is 0.219 e. The number of hydrogen-bond donors (Lipinski definition) is 1. The summed E-state index contributed by atoms with van der Waals surface area (Å²) in [4.78, 5) is 10.8. The number of carbonyl (C=O) groups excluding carboxylic acids is 1. The van der Waals surface area contributed by atoms with Gasteiger partial charge in [-0.15, -0.1) is 0 Å². The van der Waals surface area contributed by atoms with Crippen molar-refractivity contribution in [1.82, 2.24) is 5.32 Å². The first kappa shape index (κ1) is 11.0. The lowest BCUT2D eigenvalue weighted by atomic mass is 10.1. The van der Waals surface area contributed by atoms with E-state index < -0.39 is 0 Å². The van der Waals surface area contributed by atoms with Crippen LogP contribution in [0.5, 0.6) is 0 Å². The van der Waals surface area contributed by atoms with Gasteiger partial charge in [-0.3, -0.25) is 4.79 Å². The molecular formula is C8H16BrNO. The molecule has 0 aliphatic heterocycles. The van der Waals surface area contributed by atoms with Crippen molar-refractivity contribution in [2.45, 2.75) is 26.7 Å². The van der Waals surface area contributed by atoms with Gasteiger partial charge < -0.3 is 5.32 Å². The summed E-state index contributed by atoms with van der Waals surface area (Å²) in [7, 11) is 0. The summed E-state index contributed by atoms with van der Waals surface area (Å²) in [6.07, 6.45) is 1.70. The summed E-state index contributed by atoms with van der Waals surface area (Å²) in [5.41, 5.74) is 0. The largest absolute Gasteiger partial charge is 0.356 e. The highest BCUT2D eigenvalue weighted by atomic mass is 79.9. The van der Waals surface area contributed by atoms with Gasteiger partial charge in [-0.25, -0.2) is 0 Å². The van der Waals surface area contributed by atoms with E-state index in [0.29, 0.717) is 12.3 Å².